The van der Waals surface area contributed by atoms with Crippen LogP contribution in [0.4, 0.5) is 5.69 Å². The first-order valence-corrected chi connectivity index (χ1v) is 7.15. The van der Waals surface area contributed by atoms with Crippen LogP contribution < -0.4 is 5.06 Å². The normalized spacial score (nSPS) is 21.9. The molecule has 110 valence electrons. The van der Waals surface area contributed by atoms with Crippen LogP contribution in [0.25, 0.3) is 0 Å². The molecule has 1 N–H and O–H groups in total. The Morgan fingerprint density at radius 3 is 2.60 bits per heavy atom. The molecular formula is C16H23NO3. The first-order valence-electron chi connectivity index (χ1n) is 7.15. The highest BCUT2D eigenvalue weighted by Crippen LogP contribution is 2.44. The van der Waals surface area contributed by atoms with Crippen LogP contribution in [0.1, 0.15) is 52.5 Å². The number of fused-ring (bicyclic) bond motifs is 1. The van der Waals surface area contributed by atoms with E-state index in [9.17, 15) is 9.90 Å². The topological polar surface area (TPSA) is 49.8 Å². The van der Waals surface area contributed by atoms with Crippen molar-refractivity contribution in [3.63, 3.8) is 0 Å². The standard InChI is InChI=1S/C16H23NO3/c1-5-6-11-16(19)12-9-7-8-10-13(12)17(20-16)14(18)15(2,3)4/h7-10,19H,5-6,11H2,1-4H3. The van der Waals surface area contributed by atoms with Crippen LogP contribution in [-0.4, -0.2) is 11.0 Å². The lowest BCUT2D eigenvalue weighted by Crippen LogP contribution is -2.40. The molecule has 0 bridgehead atoms. The molecular weight excluding hydrogens is 254 g/mol. The Bertz CT molecular complexity index is 507. The Morgan fingerprint density at radius 1 is 1.35 bits per heavy atom. The number of benzene rings is 1. The highest BCUT2D eigenvalue weighted by molar-refractivity contribution is 5.96. The number of carbonyl (C=O) groups excluding carboxylic acids is 1. The number of hydroxylamine groups is 1. The fourth-order valence-corrected chi connectivity index (χ4v) is 2.28. The van der Waals surface area contributed by atoms with Gasteiger partial charge in [-0.25, -0.2) is 4.84 Å². The summed E-state index contributed by atoms with van der Waals surface area (Å²) >= 11 is 0. The Labute approximate surface area is 120 Å². The van der Waals surface area contributed by atoms with E-state index in [4.69, 9.17) is 4.84 Å². The number of para-hydroxylation sites is 1. The van der Waals surface area contributed by atoms with Crippen LogP contribution in [0, 0.1) is 5.41 Å². The van der Waals surface area contributed by atoms with Crippen molar-refractivity contribution >= 4 is 11.6 Å². The average molecular weight is 277 g/mol. The van der Waals surface area contributed by atoms with Crippen molar-refractivity contribution in [2.24, 2.45) is 5.41 Å². The van der Waals surface area contributed by atoms with Crippen molar-refractivity contribution in [1.82, 2.24) is 0 Å². The van der Waals surface area contributed by atoms with E-state index in [1.807, 2.05) is 45.0 Å². The van der Waals surface area contributed by atoms with Gasteiger partial charge in [0.25, 0.3) is 5.91 Å². The molecule has 0 aliphatic carbocycles. The second-order valence-corrected chi connectivity index (χ2v) is 6.35. The molecule has 1 amide bonds. The molecule has 1 aromatic rings. The number of unbranched alkanes of at least 4 members (excludes halogenated alkanes) is 1. The SMILES string of the molecule is CCCCC1(O)ON(C(=O)C(C)(C)C)c2ccccc21. The van der Waals surface area contributed by atoms with Gasteiger partial charge in [0.2, 0.25) is 5.79 Å². The minimum Gasteiger partial charge on any atom is -0.360 e. The predicted octanol–water partition coefficient (Wildman–Crippen LogP) is 3.35. The molecule has 1 aliphatic heterocycles. The second-order valence-electron chi connectivity index (χ2n) is 6.35. The van der Waals surface area contributed by atoms with Gasteiger partial charge in [-0.1, -0.05) is 52.3 Å². The molecule has 0 saturated carbocycles. The molecule has 2 rings (SSSR count). The van der Waals surface area contributed by atoms with E-state index >= 15 is 0 Å². The summed E-state index contributed by atoms with van der Waals surface area (Å²) in [7, 11) is 0. The summed E-state index contributed by atoms with van der Waals surface area (Å²) in [6.45, 7) is 7.57. The fraction of sp³-hybridized carbons (Fsp3) is 0.562. The third kappa shape index (κ3) is 2.58. The minimum absolute atomic E-state index is 0.155. The molecule has 0 fully saturated rings. The molecule has 0 spiro atoms. The number of rotatable bonds is 3. The Balaban J connectivity index is 2.38. The number of hydrogen-bond donors (Lipinski definition) is 1. The van der Waals surface area contributed by atoms with E-state index in [1.165, 1.54) is 5.06 Å². The van der Waals surface area contributed by atoms with Crippen LogP contribution in [0.5, 0.6) is 0 Å². The van der Waals surface area contributed by atoms with E-state index in [0.29, 0.717) is 17.7 Å². The van der Waals surface area contributed by atoms with Crippen molar-refractivity contribution in [2.75, 3.05) is 5.06 Å². The van der Waals surface area contributed by atoms with E-state index in [-0.39, 0.29) is 5.91 Å². The summed E-state index contributed by atoms with van der Waals surface area (Å²) in [6.07, 6.45) is 2.28. The highest BCUT2D eigenvalue weighted by Gasteiger charge is 2.46. The summed E-state index contributed by atoms with van der Waals surface area (Å²) in [5.74, 6) is -1.55. The van der Waals surface area contributed by atoms with Gasteiger partial charge in [0.1, 0.15) is 0 Å². The molecule has 0 radical (unpaired) electrons. The van der Waals surface area contributed by atoms with Gasteiger partial charge in [-0.3, -0.25) is 4.79 Å². The van der Waals surface area contributed by atoms with E-state index in [1.54, 1.807) is 0 Å². The zero-order chi connectivity index (χ0) is 15.0. The average Bonchev–Trinajstić information content (AvgIpc) is 2.69. The van der Waals surface area contributed by atoms with Crippen LogP contribution in [0.2, 0.25) is 0 Å². The lowest BCUT2D eigenvalue weighted by atomic mass is 9.95. The van der Waals surface area contributed by atoms with Crippen LogP contribution in [0.15, 0.2) is 24.3 Å². The van der Waals surface area contributed by atoms with E-state index in [2.05, 4.69) is 6.92 Å². The third-order valence-corrected chi connectivity index (χ3v) is 3.48. The Morgan fingerprint density at radius 2 is 2.00 bits per heavy atom. The van der Waals surface area contributed by atoms with Crippen molar-refractivity contribution in [1.29, 1.82) is 0 Å². The Hall–Kier alpha value is -1.39. The molecule has 20 heavy (non-hydrogen) atoms. The molecule has 4 heteroatoms. The maximum absolute atomic E-state index is 12.5. The number of carbonyl (C=O) groups is 1. The number of hydrogen-bond acceptors (Lipinski definition) is 3. The van der Waals surface area contributed by atoms with Crippen LogP contribution in [0.3, 0.4) is 0 Å². The summed E-state index contributed by atoms with van der Waals surface area (Å²) in [4.78, 5) is 18.1. The highest BCUT2D eigenvalue weighted by atomic mass is 16.8. The fourth-order valence-electron chi connectivity index (χ4n) is 2.28. The maximum Gasteiger partial charge on any atom is 0.256 e. The molecule has 1 aromatic carbocycles. The smallest absolute Gasteiger partial charge is 0.256 e. The van der Waals surface area contributed by atoms with Crippen molar-refractivity contribution in [3.8, 4) is 0 Å². The van der Waals surface area contributed by atoms with Crippen molar-refractivity contribution < 1.29 is 14.7 Å². The van der Waals surface area contributed by atoms with Crippen LogP contribution >= 0.6 is 0 Å². The zero-order valence-electron chi connectivity index (χ0n) is 12.6. The zero-order valence-corrected chi connectivity index (χ0v) is 12.6. The monoisotopic (exact) mass is 277 g/mol. The van der Waals surface area contributed by atoms with Gasteiger partial charge in [0.15, 0.2) is 0 Å². The number of nitrogens with zero attached hydrogens (tertiary/aromatic N) is 1. The summed E-state index contributed by atoms with van der Waals surface area (Å²) in [6, 6.07) is 7.32. The van der Waals surface area contributed by atoms with Gasteiger partial charge >= 0.3 is 0 Å². The number of anilines is 1. The molecule has 0 aromatic heterocycles. The predicted molar refractivity (Wildman–Crippen MR) is 77.9 cm³/mol. The Kier molecular flexibility index (Phi) is 3.89. The number of amides is 1. The van der Waals surface area contributed by atoms with Crippen LogP contribution in [-0.2, 0) is 15.4 Å². The third-order valence-electron chi connectivity index (χ3n) is 3.48. The molecule has 4 nitrogen and oxygen atoms in total. The molecule has 1 unspecified atom stereocenters. The summed E-state index contributed by atoms with van der Waals surface area (Å²) < 4.78 is 0. The van der Waals surface area contributed by atoms with Gasteiger partial charge < -0.3 is 5.11 Å². The van der Waals surface area contributed by atoms with Gasteiger partial charge in [-0.05, 0) is 12.5 Å². The van der Waals surface area contributed by atoms with Gasteiger partial charge in [0.05, 0.1) is 5.69 Å². The largest absolute Gasteiger partial charge is 0.360 e. The first-order chi connectivity index (χ1) is 9.29. The minimum atomic E-state index is -1.40. The quantitative estimate of drug-likeness (QED) is 0.921. The lowest BCUT2D eigenvalue weighted by Gasteiger charge is -2.27. The van der Waals surface area contributed by atoms with Gasteiger partial charge in [-0.2, -0.15) is 5.06 Å². The maximum atomic E-state index is 12.5. The lowest BCUT2D eigenvalue weighted by molar-refractivity contribution is -0.214. The van der Waals surface area contributed by atoms with E-state index in [0.717, 1.165) is 12.8 Å². The molecule has 0 saturated heterocycles. The molecule has 1 aliphatic rings. The summed E-state index contributed by atoms with van der Waals surface area (Å²) in [5, 5.41) is 12.0. The first kappa shape index (κ1) is 15.0. The molecule has 1 atom stereocenters. The van der Waals surface area contributed by atoms with Gasteiger partial charge in [0, 0.05) is 17.4 Å². The second kappa shape index (κ2) is 5.19. The number of aliphatic hydroxyl groups is 1. The van der Waals surface area contributed by atoms with Crippen molar-refractivity contribution in [3.05, 3.63) is 29.8 Å². The van der Waals surface area contributed by atoms with E-state index < -0.39 is 11.2 Å². The van der Waals surface area contributed by atoms with Crippen molar-refractivity contribution in [2.45, 2.75) is 52.7 Å². The summed E-state index contributed by atoms with van der Waals surface area (Å²) in [5.41, 5.74) is 0.750. The molecule has 1 heterocycles. The van der Waals surface area contributed by atoms with Gasteiger partial charge in [-0.15, -0.1) is 0 Å².